The van der Waals surface area contributed by atoms with Crippen LogP contribution in [0.2, 0.25) is 0 Å². The first-order valence-corrected chi connectivity index (χ1v) is 5.40. The van der Waals surface area contributed by atoms with Gasteiger partial charge < -0.3 is 4.79 Å². The average molecular weight is 217 g/mol. The van der Waals surface area contributed by atoms with E-state index in [2.05, 4.69) is 0 Å². The molecule has 0 saturated carbocycles. The van der Waals surface area contributed by atoms with Crippen LogP contribution in [0.15, 0.2) is 0 Å². The summed E-state index contributed by atoms with van der Waals surface area (Å²) in [5.41, 5.74) is 0. The summed E-state index contributed by atoms with van der Waals surface area (Å²) in [6.45, 7) is 2.47. The molecule has 13 heavy (non-hydrogen) atoms. The Bertz CT molecular complexity index is 242. The summed E-state index contributed by atoms with van der Waals surface area (Å²) >= 11 is 6.31. The highest BCUT2D eigenvalue weighted by Gasteiger charge is 2.24. The molecule has 1 saturated heterocycles. The molecule has 0 aliphatic carbocycles. The fourth-order valence-electron chi connectivity index (χ4n) is 1.09. The molecular formula is C8H11NO2S2. The number of hydrogen-bond acceptors (Lipinski definition) is 4. The van der Waals surface area contributed by atoms with Crippen LogP contribution in [0, 0.1) is 0 Å². The number of hydrogen-bond donors (Lipinski definition) is 0. The van der Waals surface area contributed by atoms with E-state index in [1.165, 1.54) is 11.8 Å². The van der Waals surface area contributed by atoms with Crippen molar-refractivity contribution in [2.75, 3.05) is 6.54 Å². The molecule has 0 spiro atoms. The van der Waals surface area contributed by atoms with Crippen LogP contribution in [-0.2, 0) is 9.59 Å². The van der Waals surface area contributed by atoms with Crippen LogP contribution < -0.4 is 0 Å². The molecule has 0 aromatic carbocycles. The lowest BCUT2D eigenvalue weighted by molar-refractivity contribution is -0.124. The summed E-state index contributed by atoms with van der Waals surface area (Å²) in [6.07, 6.45) is 2.28. The summed E-state index contributed by atoms with van der Waals surface area (Å²) in [5.74, 6) is 0.0793. The fourth-order valence-corrected chi connectivity index (χ4v) is 2.43. The third kappa shape index (κ3) is 2.77. The second-order valence-electron chi connectivity index (χ2n) is 2.87. The molecule has 1 aliphatic rings. The van der Waals surface area contributed by atoms with Crippen molar-refractivity contribution in [1.29, 1.82) is 0 Å². The zero-order valence-electron chi connectivity index (χ0n) is 7.36. The Hall–Kier alpha value is -0.420. The van der Waals surface area contributed by atoms with Gasteiger partial charge in [-0.15, -0.1) is 0 Å². The zero-order valence-corrected chi connectivity index (χ0v) is 8.99. The largest absolute Gasteiger partial charge is 0.302 e. The molecule has 0 aromatic rings. The van der Waals surface area contributed by atoms with Crippen LogP contribution in [0.1, 0.15) is 19.8 Å². The molecule has 1 aliphatic heterocycles. The van der Waals surface area contributed by atoms with E-state index >= 15 is 0 Å². The summed E-state index contributed by atoms with van der Waals surface area (Å²) in [5, 5.41) is -0.166. The Labute approximate surface area is 86.9 Å². The molecule has 0 radical (unpaired) electrons. The average Bonchev–Trinajstić information content (AvgIpc) is 2.51. The quantitative estimate of drug-likeness (QED) is 0.515. The molecule has 1 rings (SSSR count). The maximum absolute atomic E-state index is 11.2. The van der Waals surface area contributed by atoms with Crippen LogP contribution in [0.5, 0.6) is 0 Å². The lowest BCUT2D eigenvalue weighted by atomic mass is 10.4. The number of carbonyl (C=O) groups excluding carboxylic acids is 2. The van der Waals surface area contributed by atoms with E-state index in [0.717, 1.165) is 12.7 Å². The molecule has 0 N–H and O–H groups in total. The predicted molar refractivity (Wildman–Crippen MR) is 56.7 cm³/mol. The Balaban J connectivity index is 2.47. The summed E-state index contributed by atoms with van der Waals surface area (Å²) in [4.78, 5) is 23.2. The second kappa shape index (κ2) is 4.72. The van der Waals surface area contributed by atoms with Gasteiger partial charge in [0.25, 0.3) is 0 Å². The smallest absolute Gasteiger partial charge is 0.228 e. The number of rotatable bonds is 2. The molecule has 1 fully saturated rings. The van der Waals surface area contributed by atoms with E-state index in [4.69, 9.17) is 12.2 Å². The van der Waals surface area contributed by atoms with Crippen molar-refractivity contribution >= 4 is 40.5 Å². The Morgan fingerprint density at radius 3 is 2.92 bits per heavy atom. The van der Waals surface area contributed by atoms with Gasteiger partial charge >= 0.3 is 0 Å². The minimum absolute atomic E-state index is 0.0793. The highest BCUT2D eigenvalue weighted by atomic mass is 32.2. The lowest BCUT2D eigenvalue weighted by Gasteiger charge is -2.16. The van der Waals surface area contributed by atoms with Crippen molar-refractivity contribution in [2.45, 2.75) is 25.0 Å². The summed E-state index contributed by atoms with van der Waals surface area (Å²) in [6, 6.07) is 0. The third-order valence-electron chi connectivity index (χ3n) is 1.77. The third-order valence-corrected chi connectivity index (χ3v) is 3.19. The van der Waals surface area contributed by atoms with Gasteiger partial charge in [0.2, 0.25) is 5.91 Å². The maximum atomic E-state index is 11.2. The Morgan fingerprint density at radius 2 is 2.46 bits per heavy atom. The molecule has 0 aromatic heterocycles. The number of aldehydes is 1. The molecular weight excluding hydrogens is 206 g/mol. The molecule has 0 bridgehead atoms. The Morgan fingerprint density at radius 1 is 1.77 bits per heavy atom. The number of thiocarbonyl (C=S) groups is 1. The summed E-state index contributed by atoms with van der Waals surface area (Å²) < 4.78 is 0.530. The molecule has 3 nitrogen and oxygen atoms in total. The van der Waals surface area contributed by atoms with Gasteiger partial charge in [-0.25, -0.2) is 0 Å². The van der Waals surface area contributed by atoms with Crippen LogP contribution in [0.3, 0.4) is 0 Å². The highest BCUT2D eigenvalue weighted by molar-refractivity contribution is 8.23. The van der Waals surface area contributed by atoms with Crippen molar-refractivity contribution in [3.8, 4) is 0 Å². The molecule has 1 unspecified atom stereocenters. The molecule has 5 heteroatoms. The van der Waals surface area contributed by atoms with Gasteiger partial charge in [-0.1, -0.05) is 24.0 Å². The van der Waals surface area contributed by atoms with E-state index in [-0.39, 0.29) is 11.2 Å². The first-order chi connectivity index (χ1) is 6.15. The van der Waals surface area contributed by atoms with Gasteiger partial charge in [-0.3, -0.25) is 9.69 Å². The maximum Gasteiger partial charge on any atom is 0.228 e. The monoisotopic (exact) mass is 217 g/mol. The van der Waals surface area contributed by atoms with Gasteiger partial charge in [0.05, 0.1) is 5.25 Å². The van der Waals surface area contributed by atoms with Crippen molar-refractivity contribution in [3.63, 3.8) is 0 Å². The van der Waals surface area contributed by atoms with Crippen molar-refractivity contribution in [2.24, 2.45) is 0 Å². The van der Waals surface area contributed by atoms with E-state index in [1.54, 1.807) is 11.8 Å². The number of likely N-dealkylation sites (tertiary alicyclic amines) is 1. The topological polar surface area (TPSA) is 37.4 Å². The van der Waals surface area contributed by atoms with E-state index in [1.807, 2.05) is 0 Å². The van der Waals surface area contributed by atoms with Crippen LogP contribution >= 0.6 is 24.0 Å². The van der Waals surface area contributed by atoms with Gasteiger partial charge in [0.1, 0.15) is 10.6 Å². The van der Waals surface area contributed by atoms with E-state index in [9.17, 15) is 9.59 Å². The SMILES string of the molecule is CC(C=O)SC(=S)N1CCCC1=O. The zero-order chi connectivity index (χ0) is 9.84. The number of thioether (sulfide) groups is 1. The van der Waals surface area contributed by atoms with Gasteiger partial charge in [-0.2, -0.15) is 0 Å². The molecule has 1 amide bonds. The normalized spacial score (nSPS) is 18.8. The number of carbonyl (C=O) groups is 2. The molecule has 1 heterocycles. The van der Waals surface area contributed by atoms with Crippen molar-refractivity contribution < 1.29 is 9.59 Å². The standard InChI is InChI=1S/C8H11NO2S2/c1-6(5-10)13-8(12)9-4-2-3-7(9)11/h5-6H,2-4H2,1H3. The van der Waals surface area contributed by atoms with Gasteiger partial charge in [0.15, 0.2) is 0 Å². The summed E-state index contributed by atoms with van der Waals surface area (Å²) in [7, 11) is 0. The van der Waals surface area contributed by atoms with Gasteiger partial charge in [-0.05, 0) is 13.3 Å². The first-order valence-electron chi connectivity index (χ1n) is 4.11. The van der Waals surface area contributed by atoms with Crippen LogP contribution in [0.4, 0.5) is 0 Å². The van der Waals surface area contributed by atoms with E-state index in [0.29, 0.717) is 17.3 Å². The highest BCUT2D eigenvalue weighted by Crippen LogP contribution is 2.19. The van der Waals surface area contributed by atoms with Crippen LogP contribution in [0.25, 0.3) is 0 Å². The van der Waals surface area contributed by atoms with E-state index < -0.39 is 0 Å². The predicted octanol–water partition coefficient (Wildman–Crippen LogP) is 1.21. The Kier molecular flexibility index (Phi) is 3.87. The first kappa shape index (κ1) is 10.7. The number of nitrogens with zero attached hydrogens (tertiary/aromatic N) is 1. The van der Waals surface area contributed by atoms with Crippen molar-refractivity contribution in [3.05, 3.63) is 0 Å². The molecule has 1 atom stereocenters. The lowest BCUT2D eigenvalue weighted by Crippen LogP contribution is -2.29. The van der Waals surface area contributed by atoms with Crippen LogP contribution in [-0.4, -0.2) is 33.2 Å². The minimum atomic E-state index is -0.166. The van der Waals surface area contributed by atoms with Gasteiger partial charge in [0, 0.05) is 13.0 Å². The van der Waals surface area contributed by atoms with Crippen molar-refractivity contribution in [1.82, 2.24) is 4.90 Å². The minimum Gasteiger partial charge on any atom is -0.302 e. The second-order valence-corrected chi connectivity index (χ2v) is 4.88. The fraction of sp³-hybridized carbons (Fsp3) is 0.625. The number of amides is 1. The molecule has 72 valence electrons.